The number of carbonyl (C=O) groups excluding carboxylic acids is 2. The van der Waals surface area contributed by atoms with Crippen molar-refractivity contribution < 1.29 is 19.5 Å². The van der Waals surface area contributed by atoms with E-state index in [1.165, 1.54) is 0 Å². The van der Waals surface area contributed by atoms with Crippen molar-refractivity contribution >= 4 is 17.9 Å². The summed E-state index contributed by atoms with van der Waals surface area (Å²) in [5.74, 6) is -0.861. The van der Waals surface area contributed by atoms with Crippen LogP contribution in [0.2, 0.25) is 0 Å². The molecule has 21 heavy (non-hydrogen) atoms. The molecule has 7 nitrogen and oxygen atoms in total. The third-order valence-corrected chi connectivity index (χ3v) is 4.05. The van der Waals surface area contributed by atoms with E-state index < -0.39 is 5.97 Å². The largest absolute Gasteiger partial charge is 0.481 e. The van der Waals surface area contributed by atoms with Crippen LogP contribution >= 0.6 is 0 Å². The zero-order chi connectivity index (χ0) is 15.4. The van der Waals surface area contributed by atoms with Gasteiger partial charge in [-0.05, 0) is 25.7 Å². The molecule has 2 fully saturated rings. The van der Waals surface area contributed by atoms with Gasteiger partial charge in [-0.2, -0.15) is 0 Å². The summed E-state index contributed by atoms with van der Waals surface area (Å²) < 4.78 is 0. The van der Waals surface area contributed by atoms with Crippen LogP contribution in [0.25, 0.3) is 0 Å². The fourth-order valence-corrected chi connectivity index (χ4v) is 2.82. The Hall–Kier alpha value is -1.79. The molecule has 1 aliphatic carbocycles. The molecule has 118 valence electrons. The van der Waals surface area contributed by atoms with Crippen LogP contribution in [0.5, 0.6) is 0 Å². The molecular weight excluding hydrogens is 274 g/mol. The molecule has 0 bridgehead atoms. The van der Waals surface area contributed by atoms with Crippen molar-refractivity contribution in [2.75, 3.05) is 19.6 Å². The number of likely N-dealkylation sites (tertiary alicyclic amines) is 1. The minimum absolute atomic E-state index is 0.0410. The van der Waals surface area contributed by atoms with Gasteiger partial charge in [-0.25, -0.2) is 4.79 Å². The number of carboxylic acid groups (broad SMARTS) is 1. The van der Waals surface area contributed by atoms with Crippen molar-refractivity contribution in [3.05, 3.63) is 0 Å². The van der Waals surface area contributed by atoms with Crippen LogP contribution in [0.3, 0.4) is 0 Å². The third-order valence-electron chi connectivity index (χ3n) is 4.05. The van der Waals surface area contributed by atoms with Crippen molar-refractivity contribution in [1.82, 2.24) is 15.1 Å². The Morgan fingerprint density at radius 2 is 2.00 bits per heavy atom. The number of carbonyl (C=O) groups is 3. The number of hydrogen-bond acceptors (Lipinski definition) is 3. The monoisotopic (exact) mass is 297 g/mol. The molecule has 1 aliphatic heterocycles. The van der Waals surface area contributed by atoms with Gasteiger partial charge < -0.3 is 20.2 Å². The minimum Gasteiger partial charge on any atom is -0.481 e. The Kier molecular flexibility index (Phi) is 5.03. The van der Waals surface area contributed by atoms with E-state index in [9.17, 15) is 14.4 Å². The maximum atomic E-state index is 12.1. The molecule has 1 saturated carbocycles. The number of nitrogens with zero attached hydrogens (tertiary/aromatic N) is 2. The normalized spacial score (nSPS) is 21.2. The van der Waals surface area contributed by atoms with E-state index in [1.54, 1.807) is 11.8 Å². The van der Waals surface area contributed by atoms with Crippen molar-refractivity contribution in [2.24, 2.45) is 0 Å². The first kappa shape index (κ1) is 15.6. The Balaban J connectivity index is 1.85. The number of carboxylic acids is 1. The van der Waals surface area contributed by atoms with Crippen LogP contribution in [0.1, 0.15) is 39.0 Å². The van der Waals surface area contributed by atoms with Crippen LogP contribution in [0.15, 0.2) is 0 Å². The van der Waals surface area contributed by atoms with E-state index in [1.807, 2.05) is 4.90 Å². The van der Waals surface area contributed by atoms with Gasteiger partial charge in [0, 0.05) is 32.6 Å². The van der Waals surface area contributed by atoms with Crippen LogP contribution in [0, 0.1) is 0 Å². The number of urea groups is 1. The summed E-state index contributed by atoms with van der Waals surface area (Å²) >= 11 is 0. The molecule has 2 aliphatic rings. The lowest BCUT2D eigenvalue weighted by molar-refractivity contribution is -0.137. The molecule has 0 spiro atoms. The van der Waals surface area contributed by atoms with E-state index >= 15 is 0 Å². The lowest BCUT2D eigenvalue weighted by Crippen LogP contribution is -2.49. The summed E-state index contributed by atoms with van der Waals surface area (Å²) in [6.07, 6.45) is 3.84. The van der Waals surface area contributed by atoms with Crippen LogP contribution in [0.4, 0.5) is 4.79 Å². The maximum absolute atomic E-state index is 12.1. The number of amides is 3. The zero-order valence-corrected chi connectivity index (χ0v) is 12.4. The van der Waals surface area contributed by atoms with Crippen LogP contribution < -0.4 is 5.32 Å². The topological polar surface area (TPSA) is 90.0 Å². The van der Waals surface area contributed by atoms with Gasteiger partial charge >= 0.3 is 12.0 Å². The summed E-state index contributed by atoms with van der Waals surface area (Å²) in [5, 5.41) is 11.2. The summed E-state index contributed by atoms with van der Waals surface area (Å²) in [7, 11) is 0. The molecule has 0 aromatic rings. The third kappa shape index (κ3) is 4.34. The predicted octanol–water partition coefficient (Wildman–Crippen LogP) is 0.646. The molecule has 2 rings (SSSR count). The highest BCUT2D eigenvalue weighted by Crippen LogP contribution is 2.29. The molecular formula is C14H23N3O4. The number of aliphatic carboxylic acids is 1. The zero-order valence-electron chi connectivity index (χ0n) is 12.4. The average molecular weight is 297 g/mol. The molecule has 1 saturated heterocycles. The molecule has 7 heteroatoms. The Bertz CT molecular complexity index is 422. The molecule has 1 heterocycles. The Morgan fingerprint density at radius 1 is 1.29 bits per heavy atom. The van der Waals surface area contributed by atoms with Crippen molar-refractivity contribution in [2.45, 2.75) is 51.1 Å². The molecule has 0 radical (unpaired) electrons. The second kappa shape index (κ2) is 6.78. The second-order valence-corrected chi connectivity index (χ2v) is 5.77. The van der Waals surface area contributed by atoms with Gasteiger partial charge in [-0.3, -0.25) is 9.59 Å². The van der Waals surface area contributed by atoms with Crippen molar-refractivity contribution in [1.29, 1.82) is 0 Å². The summed E-state index contributed by atoms with van der Waals surface area (Å²) in [5.41, 5.74) is 0. The molecule has 2 N–H and O–H groups in total. The first-order chi connectivity index (χ1) is 9.99. The van der Waals surface area contributed by atoms with Gasteiger partial charge in [0.15, 0.2) is 0 Å². The Morgan fingerprint density at radius 3 is 2.57 bits per heavy atom. The highest BCUT2D eigenvalue weighted by molar-refractivity contribution is 5.76. The van der Waals surface area contributed by atoms with Gasteiger partial charge in [-0.15, -0.1) is 0 Å². The predicted molar refractivity (Wildman–Crippen MR) is 75.8 cm³/mol. The van der Waals surface area contributed by atoms with Gasteiger partial charge in [0.2, 0.25) is 5.91 Å². The minimum atomic E-state index is -0.926. The lowest BCUT2D eigenvalue weighted by Gasteiger charge is -2.30. The van der Waals surface area contributed by atoms with Crippen LogP contribution in [-0.2, 0) is 9.59 Å². The SMILES string of the molecule is CC(=O)N(CC1CCCN1C(=O)NCCC(=O)O)C1CC1. The smallest absolute Gasteiger partial charge is 0.317 e. The second-order valence-electron chi connectivity index (χ2n) is 5.77. The lowest BCUT2D eigenvalue weighted by atomic mass is 10.2. The highest BCUT2D eigenvalue weighted by atomic mass is 16.4. The molecule has 1 unspecified atom stereocenters. The maximum Gasteiger partial charge on any atom is 0.317 e. The van der Waals surface area contributed by atoms with E-state index in [4.69, 9.17) is 5.11 Å². The fraction of sp³-hybridized carbons (Fsp3) is 0.786. The average Bonchev–Trinajstić information content (AvgIpc) is 3.13. The van der Waals surface area contributed by atoms with Crippen LogP contribution in [-0.4, -0.2) is 64.5 Å². The molecule has 1 atom stereocenters. The summed E-state index contributed by atoms with van der Waals surface area (Å²) in [4.78, 5) is 37.8. The summed E-state index contributed by atoms with van der Waals surface area (Å²) in [6, 6.07) is 0.164. The number of hydrogen-bond donors (Lipinski definition) is 2. The van der Waals surface area contributed by atoms with Gasteiger partial charge in [0.05, 0.1) is 12.5 Å². The number of nitrogens with one attached hydrogen (secondary N) is 1. The fourth-order valence-electron chi connectivity index (χ4n) is 2.82. The summed E-state index contributed by atoms with van der Waals surface area (Å²) in [6.45, 7) is 2.97. The molecule has 0 aromatic heterocycles. The van der Waals surface area contributed by atoms with Gasteiger partial charge in [0.25, 0.3) is 0 Å². The van der Waals surface area contributed by atoms with Crippen molar-refractivity contribution in [3.8, 4) is 0 Å². The van der Waals surface area contributed by atoms with E-state index in [0.29, 0.717) is 19.1 Å². The first-order valence-electron chi connectivity index (χ1n) is 7.52. The van der Waals surface area contributed by atoms with E-state index in [0.717, 1.165) is 25.7 Å². The van der Waals surface area contributed by atoms with E-state index in [2.05, 4.69) is 5.32 Å². The molecule has 3 amide bonds. The van der Waals surface area contributed by atoms with Gasteiger partial charge in [-0.1, -0.05) is 0 Å². The van der Waals surface area contributed by atoms with Gasteiger partial charge in [0.1, 0.15) is 0 Å². The van der Waals surface area contributed by atoms with Crippen molar-refractivity contribution in [3.63, 3.8) is 0 Å². The van der Waals surface area contributed by atoms with E-state index in [-0.39, 0.29) is 30.9 Å². The molecule has 0 aromatic carbocycles. The standard InChI is InChI=1S/C14H23N3O4/c1-10(18)17(11-4-5-11)9-12-3-2-8-16(12)14(21)15-7-6-13(19)20/h11-12H,2-9H2,1H3,(H,15,21)(H,19,20). The quantitative estimate of drug-likeness (QED) is 0.753. The first-order valence-corrected chi connectivity index (χ1v) is 7.52. The Labute approximate surface area is 124 Å². The number of rotatable bonds is 6. The highest BCUT2D eigenvalue weighted by Gasteiger charge is 2.36.